The molecule has 0 atom stereocenters. The molecule has 0 aliphatic carbocycles. The first-order valence-corrected chi connectivity index (χ1v) is 3.86. The van der Waals surface area contributed by atoms with E-state index in [9.17, 15) is 23.7 Å². The molecule has 0 amide bonds. The van der Waals surface area contributed by atoms with Crippen molar-refractivity contribution in [3.63, 3.8) is 0 Å². The molecule has 8 heteroatoms. The van der Waals surface area contributed by atoms with Gasteiger partial charge in [0.25, 0.3) is 6.43 Å². The van der Waals surface area contributed by atoms with Crippen molar-refractivity contribution in [3.8, 4) is 0 Å². The summed E-state index contributed by atoms with van der Waals surface area (Å²) in [7, 11) is 0. The largest absolute Gasteiger partial charge is 0.358 e. The lowest BCUT2D eigenvalue weighted by Gasteiger charge is -2.03. The fourth-order valence-corrected chi connectivity index (χ4v) is 1.08. The van der Waals surface area contributed by atoms with E-state index >= 15 is 0 Å². The molecule has 0 fully saturated rings. The molecule has 0 aliphatic heterocycles. The summed E-state index contributed by atoms with van der Waals surface area (Å²) < 4.78 is 24.8. The van der Waals surface area contributed by atoms with Crippen LogP contribution in [0.3, 0.4) is 0 Å². The van der Waals surface area contributed by atoms with Crippen LogP contribution >= 0.6 is 0 Å². The maximum absolute atomic E-state index is 12.4. The Labute approximate surface area is 81.9 Å². The van der Waals surface area contributed by atoms with E-state index in [1.807, 2.05) is 4.98 Å². The maximum atomic E-state index is 12.4. The molecule has 0 saturated heterocycles. The number of nitro groups is 1. The zero-order valence-electron chi connectivity index (χ0n) is 7.37. The van der Waals surface area contributed by atoms with E-state index < -0.39 is 28.2 Å². The van der Waals surface area contributed by atoms with Crippen molar-refractivity contribution in [1.82, 2.24) is 4.98 Å². The Balaban J connectivity index is 3.52. The van der Waals surface area contributed by atoms with E-state index in [0.717, 1.165) is 6.20 Å². The second-order valence-corrected chi connectivity index (χ2v) is 2.67. The number of nitrogens with zero attached hydrogens (tertiary/aromatic N) is 1. The zero-order chi connectivity index (χ0) is 11.6. The average Bonchev–Trinajstić information content (AvgIpc) is 2.16. The lowest BCUT2D eigenvalue weighted by molar-refractivity contribution is -0.391. The molecule has 0 bridgehead atoms. The number of aromatic amines is 1. The normalized spacial score (nSPS) is 10.7. The Bertz CT molecular complexity index is 444. The summed E-state index contributed by atoms with van der Waals surface area (Å²) in [6.45, 7) is -0.257. The van der Waals surface area contributed by atoms with Gasteiger partial charge in [-0.15, -0.1) is 0 Å². The second-order valence-electron chi connectivity index (χ2n) is 2.67. The van der Waals surface area contributed by atoms with Gasteiger partial charge in [-0.1, -0.05) is 0 Å². The number of rotatable bonds is 3. The number of H-pyrrole nitrogens is 1. The van der Waals surface area contributed by atoms with Gasteiger partial charge in [0.1, 0.15) is 0 Å². The highest BCUT2D eigenvalue weighted by atomic mass is 19.3. The van der Waals surface area contributed by atoms with Gasteiger partial charge in [-0.2, -0.15) is 0 Å². The molecule has 0 radical (unpaired) electrons. The summed E-state index contributed by atoms with van der Waals surface area (Å²) in [6, 6.07) is 0. The van der Waals surface area contributed by atoms with Crippen molar-refractivity contribution in [2.75, 3.05) is 0 Å². The molecule has 3 N–H and O–H groups in total. The second kappa shape index (κ2) is 4.13. The molecule has 15 heavy (non-hydrogen) atoms. The number of halogens is 2. The summed E-state index contributed by atoms with van der Waals surface area (Å²) >= 11 is 0. The minimum absolute atomic E-state index is 0.115. The predicted molar refractivity (Wildman–Crippen MR) is 46.6 cm³/mol. The molecule has 0 saturated carbocycles. The highest BCUT2D eigenvalue weighted by Gasteiger charge is 2.26. The summed E-state index contributed by atoms with van der Waals surface area (Å²) in [6.07, 6.45) is -2.24. The van der Waals surface area contributed by atoms with Gasteiger partial charge in [0.2, 0.25) is 5.43 Å². The van der Waals surface area contributed by atoms with Crippen LogP contribution in [0, 0.1) is 10.1 Å². The molecule has 1 heterocycles. The van der Waals surface area contributed by atoms with Gasteiger partial charge in [0, 0.05) is 6.54 Å². The zero-order valence-corrected chi connectivity index (χ0v) is 7.37. The molecule has 1 aromatic heterocycles. The molecule has 0 unspecified atom stereocenters. The van der Waals surface area contributed by atoms with Crippen molar-refractivity contribution < 1.29 is 13.7 Å². The van der Waals surface area contributed by atoms with Crippen LogP contribution in [0.2, 0.25) is 0 Å². The van der Waals surface area contributed by atoms with Gasteiger partial charge in [-0.25, -0.2) is 13.8 Å². The van der Waals surface area contributed by atoms with Crippen LogP contribution in [0.4, 0.5) is 14.6 Å². The van der Waals surface area contributed by atoms with Gasteiger partial charge in [0.05, 0.1) is 11.8 Å². The van der Waals surface area contributed by atoms with E-state index in [-0.39, 0.29) is 12.1 Å². The molecule has 0 spiro atoms. The Morgan fingerprint density at radius 1 is 1.60 bits per heavy atom. The van der Waals surface area contributed by atoms with Gasteiger partial charge in [0.15, 0.2) is 5.56 Å². The molecule has 1 rings (SSSR count). The first-order valence-electron chi connectivity index (χ1n) is 3.86. The molecular weight excluding hydrogens is 212 g/mol. The number of alkyl halides is 2. The minimum atomic E-state index is -3.21. The third-order valence-electron chi connectivity index (χ3n) is 1.80. The first kappa shape index (κ1) is 11.2. The van der Waals surface area contributed by atoms with Crippen molar-refractivity contribution in [1.29, 1.82) is 0 Å². The molecule has 0 aromatic carbocycles. The van der Waals surface area contributed by atoms with Crippen LogP contribution in [-0.2, 0) is 6.54 Å². The van der Waals surface area contributed by atoms with Crippen LogP contribution in [0.25, 0.3) is 0 Å². The molecule has 1 aromatic rings. The quantitative estimate of drug-likeness (QED) is 0.576. The van der Waals surface area contributed by atoms with Crippen LogP contribution in [0.15, 0.2) is 11.0 Å². The van der Waals surface area contributed by atoms with E-state index in [1.54, 1.807) is 0 Å². The fraction of sp³-hybridized carbons (Fsp3) is 0.286. The number of pyridine rings is 1. The Morgan fingerprint density at radius 3 is 2.60 bits per heavy atom. The third-order valence-corrected chi connectivity index (χ3v) is 1.80. The third kappa shape index (κ3) is 1.99. The summed E-state index contributed by atoms with van der Waals surface area (Å²) in [4.78, 5) is 22.6. The molecular formula is C7H7F2N3O3. The van der Waals surface area contributed by atoms with Crippen molar-refractivity contribution >= 4 is 5.82 Å². The van der Waals surface area contributed by atoms with E-state index in [0.29, 0.717) is 0 Å². The number of nitrogens with one attached hydrogen (secondary N) is 1. The summed E-state index contributed by atoms with van der Waals surface area (Å²) in [5.41, 5.74) is 2.76. The lowest BCUT2D eigenvalue weighted by atomic mass is 10.2. The fourth-order valence-electron chi connectivity index (χ4n) is 1.08. The topological polar surface area (TPSA) is 102 Å². The maximum Gasteiger partial charge on any atom is 0.333 e. The summed E-state index contributed by atoms with van der Waals surface area (Å²) in [5.74, 6) is -0.993. The Kier molecular flexibility index (Phi) is 3.10. The van der Waals surface area contributed by atoms with Crippen LogP contribution in [-0.4, -0.2) is 9.91 Å². The van der Waals surface area contributed by atoms with Crippen molar-refractivity contribution in [2.24, 2.45) is 5.73 Å². The Hall–Kier alpha value is -1.83. The van der Waals surface area contributed by atoms with Gasteiger partial charge >= 0.3 is 5.82 Å². The number of nitrogens with two attached hydrogens (primary N) is 1. The highest BCUT2D eigenvalue weighted by molar-refractivity contribution is 5.36. The van der Waals surface area contributed by atoms with Gasteiger partial charge in [-0.3, -0.25) is 4.79 Å². The van der Waals surface area contributed by atoms with E-state index in [2.05, 4.69) is 0 Å². The average molecular weight is 219 g/mol. The standard InChI is InChI=1S/C7H7F2N3O3/c8-6(9)4-5(13)3(1-10)2-11-7(4)12(14)15/h2,6H,1,10H2,(H,11,13). The van der Waals surface area contributed by atoms with Crippen molar-refractivity contribution in [2.45, 2.75) is 13.0 Å². The SMILES string of the molecule is NCc1c[nH]c([N+](=O)[O-])c(C(F)F)c1=O. The van der Waals surface area contributed by atoms with Gasteiger partial charge < -0.3 is 15.8 Å². The number of hydrogen-bond donors (Lipinski definition) is 2. The Morgan fingerprint density at radius 2 is 2.20 bits per heavy atom. The summed E-state index contributed by atoms with van der Waals surface area (Å²) in [5, 5.41) is 10.3. The minimum Gasteiger partial charge on any atom is -0.358 e. The van der Waals surface area contributed by atoms with Crippen LogP contribution in [0.1, 0.15) is 17.6 Å². The van der Waals surface area contributed by atoms with Gasteiger partial charge in [-0.05, 0) is 4.92 Å². The number of hydrogen-bond acceptors (Lipinski definition) is 4. The first-order chi connectivity index (χ1) is 6.99. The molecule has 82 valence electrons. The lowest BCUT2D eigenvalue weighted by Crippen LogP contribution is -2.20. The predicted octanol–water partition coefficient (Wildman–Crippen LogP) is 0.679. The monoisotopic (exact) mass is 219 g/mol. The van der Waals surface area contributed by atoms with Crippen LogP contribution in [0.5, 0.6) is 0 Å². The van der Waals surface area contributed by atoms with Crippen LogP contribution < -0.4 is 11.2 Å². The smallest absolute Gasteiger partial charge is 0.333 e. The molecule has 0 aliphatic rings. The number of aromatic nitrogens is 1. The van der Waals surface area contributed by atoms with E-state index in [4.69, 9.17) is 5.73 Å². The molecule has 6 nitrogen and oxygen atoms in total. The van der Waals surface area contributed by atoms with Crippen molar-refractivity contribution in [3.05, 3.63) is 37.7 Å². The highest BCUT2D eigenvalue weighted by Crippen LogP contribution is 2.23. The van der Waals surface area contributed by atoms with E-state index in [1.165, 1.54) is 0 Å².